The van der Waals surface area contributed by atoms with Gasteiger partial charge in [0.15, 0.2) is 0 Å². The number of anilines is 1. The second kappa shape index (κ2) is 4.07. The van der Waals surface area contributed by atoms with Crippen LogP contribution in [0.2, 0.25) is 0 Å². The Labute approximate surface area is 75.4 Å². The zero-order valence-corrected chi connectivity index (χ0v) is 6.82. The molecular weight excluding hydrogens is 168 g/mol. The number of rotatable bonds is 3. The molecule has 0 aliphatic heterocycles. The summed E-state index contributed by atoms with van der Waals surface area (Å²) in [7, 11) is 0. The minimum Gasteiger partial charge on any atom is -0.368 e. The summed E-state index contributed by atoms with van der Waals surface area (Å²) in [6.07, 6.45) is 6.43. The molecule has 1 heterocycles. The molecule has 0 unspecified atom stereocenters. The van der Waals surface area contributed by atoms with Gasteiger partial charge in [0.25, 0.3) is 0 Å². The van der Waals surface area contributed by atoms with E-state index in [1.807, 2.05) is 0 Å². The molecular formula is C8H8N4O. The van der Waals surface area contributed by atoms with E-state index in [-0.39, 0.29) is 6.54 Å². The number of nitrogens with one attached hydrogen (secondary N) is 1. The fourth-order valence-electron chi connectivity index (χ4n) is 0.711. The molecule has 0 fully saturated rings. The van der Waals surface area contributed by atoms with E-state index in [1.165, 1.54) is 6.33 Å². The minimum atomic E-state index is -0.458. The fraction of sp³-hybridized carbons (Fsp3) is 0.125. The summed E-state index contributed by atoms with van der Waals surface area (Å²) >= 11 is 0. The molecule has 3 N–H and O–H groups in total. The largest absolute Gasteiger partial charge is 0.368 e. The van der Waals surface area contributed by atoms with Gasteiger partial charge in [-0.1, -0.05) is 5.92 Å². The lowest BCUT2D eigenvalue weighted by Crippen LogP contribution is -2.22. The van der Waals surface area contributed by atoms with Crippen molar-refractivity contribution in [3.63, 3.8) is 0 Å². The van der Waals surface area contributed by atoms with Crippen LogP contribution in [0.25, 0.3) is 0 Å². The lowest BCUT2D eigenvalue weighted by molar-refractivity contribution is -0.116. The van der Waals surface area contributed by atoms with Gasteiger partial charge in [-0.2, -0.15) is 0 Å². The first-order chi connectivity index (χ1) is 6.22. The fourth-order valence-corrected chi connectivity index (χ4v) is 0.711. The maximum Gasteiger partial charge on any atom is 0.236 e. The van der Waals surface area contributed by atoms with E-state index in [0.29, 0.717) is 11.5 Å². The van der Waals surface area contributed by atoms with E-state index >= 15 is 0 Å². The van der Waals surface area contributed by atoms with Gasteiger partial charge in [-0.15, -0.1) is 6.42 Å². The van der Waals surface area contributed by atoms with E-state index in [9.17, 15) is 4.79 Å². The maximum absolute atomic E-state index is 10.4. The van der Waals surface area contributed by atoms with Crippen molar-refractivity contribution in [1.29, 1.82) is 0 Å². The zero-order valence-electron chi connectivity index (χ0n) is 6.82. The Morgan fingerprint density at radius 2 is 2.46 bits per heavy atom. The average Bonchev–Trinajstić information content (AvgIpc) is 2.15. The molecule has 1 rings (SSSR count). The Kier molecular flexibility index (Phi) is 2.82. The van der Waals surface area contributed by atoms with Crippen molar-refractivity contribution in [3.8, 4) is 12.3 Å². The first-order valence-corrected chi connectivity index (χ1v) is 3.53. The van der Waals surface area contributed by atoms with Crippen LogP contribution >= 0.6 is 0 Å². The Balaban J connectivity index is 2.68. The van der Waals surface area contributed by atoms with E-state index in [4.69, 9.17) is 12.2 Å². The summed E-state index contributed by atoms with van der Waals surface area (Å²) in [5.41, 5.74) is 5.39. The SMILES string of the molecule is C#Cc1cc(NCC(N)=O)ncn1. The zero-order chi connectivity index (χ0) is 9.68. The second-order valence-corrected chi connectivity index (χ2v) is 2.25. The van der Waals surface area contributed by atoms with Gasteiger partial charge in [0.1, 0.15) is 17.8 Å². The van der Waals surface area contributed by atoms with Gasteiger partial charge in [0, 0.05) is 6.07 Å². The van der Waals surface area contributed by atoms with Crippen LogP contribution < -0.4 is 11.1 Å². The molecule has 1 amide bonds. The van der Waals surface area contributed by atoms with Crippen LogP contribution in [0, 0.1) is 12.3 Å². The normalized spacial score (nSPS) is 8.85. The summed E-state index contributed by atoms with van der Waals surface area (Å²) in [5, 5.41) is 2.70. The number of terminal acetylenes is 1. The lowest BCUT2D eigenvalue weighted by atomic mass is 10.4. The van der Waals surface area contributed by atoms with Crippen LogP contribution in [0.5, 0.6) is 0 Å². The third-order valence-corrected chi connectivity index (χ3v) is 1.26. The molecule has 0 saturated heterocycles. The highest BCUT2D eigenvalue weighted by Gasteiger charge is 1.97. The number of primary amides is 1. The number of amides is 1. The molecule has 0 aliphatic rings. The standard InChI is InChI=1S/C8H8N4O/c1-2-6-3-8(12-5-11-6)10-4-7(9)13/h1,3,5H,4H2,(H2,9,13)(H,10,11,12). The van der Waals surface area contributed by atoms with Gasteiger partial charge in [-0.25, -0.2) is 9.97 Å². The molecule has 13 heavy (non-hydrogen) atoms. The van der Waals surface area contributed by atoms with Gasteiger partial charge >= 0.3 is 0 Å². The van der Waals surface area contributed by atoms with Crippen LogP contribution in [0.3, 0.4) is 0 Å². The van der Waals surface area contributed by atoms with Crippen molar-refractivity contribution < 1.29 is 4.79 Å². The highest BCUT2D eigenvalue weighted by atomic mass is 16.1. The molecule has 1 aromatic heterocycles. The molecule has 5 nitrogen and oxygen atoms in total. The first-order valence-electron chi connectivity index (χ1n) is 3.53. The van der Waals surface area contributed by atoms with Crippen LogP contribution in [0.15, 0.2) is 12.4 Å². The number of hydrogen-bond acceptors (Lipinski definition) is 4. The lowest BCUT2D eigenvalue weighted by Gasteiger charge is -2.01. The highest BCUT2D eigenvalue weighted by Crippen LogP contribution is 2.01. The van der Waals surface area contributed by atoms with Crippen molar-refractivity contribution in [3.05, 3.63) is 18.1 Å². The summed E-state index contributed by atoms with van der Waals surface area (Å²) < 4.78 is 0. The van der Waals surface area contributed by atoms with Crippen molar-refractivity contribution >= 4 is 11.7 Å². The monoisotopic (exact) mass is 176 g/mol. The summed E-state index contributed by atoms with van der Waals surface area (Å²) in [6.45, 7) is 0.0288. The molecule has 0 atom stereocenters. The van der Waals surface area contributed by atoms with Crippen molar-refractivity contribution in [2.24, 2.45) is 5.73 Å². The molecule has 66 valence electrons. The van der Waals surface area contributed by atoms with Crippen LogP contribution in [-0.4, -0.2) is 22.4 Å². The van der Waals surface area contributed by atoms with Crippen LogP contribution in [-0.2, 0) is 4.79 Å². The molecule has 0 aromatic carbocycles. The van der Waals surface area contributed by atoms with Gasteiger partial charge in [0.2, 0.25) is 5.91 Å². The molecule has 5 heteroatoms. The molecule has 0 saturated carbocycles. The second-order valence-electron chi connectivity index (χ2n) is 2.25. The van der Waals surface area contributed by atoms with E-state index in [2.05, 4.69) is 21.2 Å². The van der Waals surface area contributed by atoms with Crippen LogP contribution in [0.4, 0.5) is 5.82 Å². The molecule has 1 aromatic rings. The van der Waals surface area contributed by atoms with Gasteiger partial charge in [-0.05, 0) is 0 Å². The summed E-state index contributed by atoms with van der Waals surface area (Å²) in [4.78, 5) is 18.0. The Hall–Kier alpha value is -2.09. The highest BCUT2D eigenvalue weighted by molar-refractivity contribution is 5.78. The molecule has 0 aliphatic carbocycles. The van der Waals surface area contributed by atoms with Crippen LogP contribution in [0.1, 0.15) is 5.69 Å². The smallest absolute Gasteiger partial charge is 0.236 e. The molecule has 0 bridgehead atoms. The quantitative estimate of drug-likeness (QED) is 0.600. The number of nitrogens with two attached hydrogens (primary N) is 1. The van der Waals surface area contributed by atoms with Crippen molar-refractivity contribution in [2.45, 2.75) is 0 Å². The molecule has 0 spiro atoms. The topological polar surface area (TPSA) is 80.9 Å². The minimum absolute atomic E-state index is 0.0288. The first kappa shape index (κ1) is 9.00. The Morgan fingerprint density at radius 3 is 3.08 bits per heavy atom. The number of nitrogens with zero attached hydrogens (tertiary/aromatic N) is 2. The third kappa shape index (κ3) is 2.79. The Bertz CT molecular complexity index is 355. The van der Waals surface area contributed by atoms with Gasteiger partial charge in [-0.3, -0.25) is 4.79 Å². The predicted molar refractivity (Wildman–Crippen MR) is 47.7 cm³/mol. The number of carbonyl (C=O) groups is 1. The Morgan fingerprint density at radius 1 is 1.69 bits per heavy atom. The third-order valence-electron chi connectivity index (χ3n) is 1.26. The number of carbonyl (C=O) groups excluding carboxylic acids is 1. The van der Waals surface area contributed by atoms with E-state index in [0.717, 1.165) is 0 Å². The number of aromatic nitrogens is 2. The van der Waals surface area contributed by atoms with E-state index < -0.39 is 5.91 Å². The van der Waals surface area contributed by atoms with Crippen molar-refractivity contribution in [2.75, 3.05) is 11.9 Å². The van der Waals surface area contributed by atoms with Gasteiger partial charge in [0.05, 0.1) is 6.54 Å². The summed E-state index contributed by atoms with van der Waals surface area (Å²) in [6, 6.07) is 1.56. The van der Waals surface area contributed by atoms with Crippen molar-refractivity contribution in [1.82, 2.24) is 9.97 Å². The van der Waals surface area contributed by atoms with Gasteiger partial charge < -0.3 is 11.1 Å². The van der Waals surface area contributed by atoms with E-state index in [1.54, 1.807) is 6.07 Å². The predicted octanol–water partition coefficient (Wildman–Crippen LogP) is -0.645. The summed E-state index contributed by atoms with van der Waals surface area (Å²) in [5.74, 6) is 2.38. The maximum atomic E-state index is 10.4. The molecule has 0 radical (unpaired) electrons. The number of hydrogen-bond donors (Lipinski definition) is 2. The average molecular weight is 176 g/mol.